The minimum Gasteiger partial charge on any atom is -0.464 e. The Morgan fingerprint density at radius 1 is 1.53 bits per heavy atom. The highest BCUT2D eigenvalue weighted by Crippen LogP contribution is 2.03. The molecule has 0 saturated carbocycles. The average Bonchev–Trinajstić information content (AvgIpc) is 2.28. The Bertz CT molecular complexity index is 434. The molecule has 1 amide bonds. The molecule has 0 saturated heterocycles. The number of ether oxygens (including phenoxy) is 1. The van der Waals surface area contributed by atoms with Gasteiger partial charge in [-0.1, -0.05) is 0 Å². The lowest BCUT2D eigenvalue weighted by Crippen LogP contribution is -2.05. The minimum absolute atomic E-state index is 0.0787. The highest BCUT2D eigenvalue weighted by Gasteiger charge is 2.08. The maximum atomic E-state index is 11.0. The number of pyridine rings is 1. The first-order chi connectivity index (χ1) is 7.19. The molecule has 0 spiro atoms. The summed E-state index contributed by atoms with van der Waals surface area (Å²) in [6.07, 6.45) is 1.14. The smallest absolute Gasteiger partial charge is 0.356 e. The van der Waals surface area contributed by atoms with Gasteiger partial charge in [0, 0.05) is 16.7 Å². The number of methoxy groups -OCH3 is 1. The van der Waals surface area contributed by atoms with E-state index in [9.17, 15) is 9.59 Å². The molecule has 0 N–H and O–H groups in total. The Morgan fingerprint density at radius 2 is 2.27 bits per heavy atom. The summed E-state index contributed by atoms with van der Waals surface area (Å²) in [7, 11) is 1.23. The molecular weight excluding hydrogens is 200 g/mol. The van der Waals surface area contributed by atoms with Crippen LogP contribution in [0, 0.1) is 0 Å². The number of hydrogen-bond acceptors (Lipinski definition) is 4. The first-order valence-corrected chi connectivity index (χ1v) is 3.83. The fourth-order valence-electron chi connectivity index (χ4n) is 0.844. The van der Waals surface area contributed by atoms with E-state index in [0.29, 0.717) is 0 Å². The Labute approximate surface area is 84.3 Å². The van der Waals surface area contributed by atoms with E-state index < -0.39 is 11.9 Å². The summed E-state index contributed by atoms with van der Waals surface area (Å²) in [6, 6.07) is 2.64. The molecule has 15 heavy (non-hydrogen) atoms. The van der Waals surface area contributed by atoms with Crippen molar-refractivity contribution in [2.45, 2.75) is 0 Å². The second-order valence-electron chi connectivity index (χ2n) is 2.42. The molecule has 0 aliphatic carbocycles. The first kappa shape index (κ1) is 10.7. The van der Waals surface area contributed by atoms with E-state index in [1.165, 1.54) is 19.2 Å². The van der Waals surface area contributed by atoms with Crippen molar-refractivity contribution in [3.63, 3.8) is 0 Å². The second-order valence-corrected chi connectivity index (χ2v) is 2.42. The third-order valence-electron chi connectivity index (χ3n) is 1.54. The van der Waals surface area contributed by atoms with Crippen LogP contribution >= 0.6 is 0 Å². The predicted octanol–water partition coefficient (Wildman–Crippen LogP) is 1.32. The maximum Gasteiger partial charge on any atom is 0.356 e. The predicted molar refractivity (Wildman–Crippen MR) is 49.1 cm³/mol. The van der Waals surface area contributed by atoms with E-state index >= 15 is 0 Å². The van der Waals surface area contributed by atoms with E-state index in [0.717, 1.165) is 6.20 Å². The molecule has 1 aromatic rings. The van der Waals surface area contributed by atoms with Gasteiger partial charge in [-0.2, -0.15) is 0 Å². The molecule has 7 heteroatoms. The zero-order valence-electron chi connectivity index (χ0n) is 7.75. The standard InChI is InChI=1S/C8H6N4O3/c1-15-8(14)6-3-2-5(4-10-6)7(13)11-12-9/h2-4H,1H3. The number of carbonyl (C=O) groups is 2. The number of amides is 1. The lowest BCUT2D eigenvalue weighted by Gasteiger charge is -1.98. The summed E-state index contributed by atoms with van der Waals surface area (Å²) in [5.41, 5.74) is 8.21. The van der Waals surface area contributed by atoms with Crippen molar-refractivity contribution in [1.82, 2.24) is 4.98 Å². The monoisotopic (exact) mass is 206 g/mol. The van der Waals surface area contributed by atoms with E-state index in [2.05, 4.69) is 19.7 Å². The van der Waals surface area contributed by atoms with Crippen LogP contribution in [0.2, 0.25) is 0 Å². The molecule has 7 nitrogen and oxygen atoms in total. The molecule has 0 aliphatic rings. The number of carbonyl (C=O) groups excluding carboxylic acids is 2. The van der Waals surface area contributed by atoms with Gasteiger partial charge in [0.1, 0.15) is 5.69 Å². The van der Waals surface area contributed by atoms with E-state index in [4.69, 9.17) is 5.53 Å². The number of azide groups is 1. The Kier molecular flexibility index (Phi) is 3.37. The average molecular weight is 206 g/mol. The number of hydrogen-bond donors (Lipinski definition) is 0. The lowest BCUT2D eigenvalue weighted by molar-refractivity contribution is 0.0593. The normalized spacial score (nSPS) is 8.87. The van der Waals surface area contributed by atoms with Crippen molar-refractivity contribution in [2.24, 2.45) is 5.11 Å². The third-order valence-corrected chi connectivity index (χ3v) is 1.54. The molecule has 0 unspecified atom stereocenters. The fourth-order valence-corrected chi connectivity index (χ4v) is 0.844. The summed E-state index contributed by atoms with van der Waals surface area (Å²) >= 11 is 0. The number of aromatic nitrogens is 1. The van der Waals surface area contributed by atoms with E-state index in [1.807, 2.05) is 0 Å². The molecule has 76 valence electrons. The van der Waals surface area contributed by atoms with Gasteiger partial charge >= 0.3 is 5.97 Å². The van der Waals surface area contributed by atoms with Gasteiger partial charge in [0.2, 0.25) is 0 Å². The summed E-state index contributed by atoms with van der Waals surface area (Å²) in [4.78, 5) is 28.0. The van der Waals surface area contributed by atoms with Gasteiger partial charge in [-0.3, -0.25) is 4.79 Å². The van der Waals surface area contributed by atoms with Crippen LogP contribution in [-0.4, -0.2) is 24.0 Å². The molecule has 1 heterocycles. The fraction of sp³-hybridized carbons (Fsp3) is 0.125. The van der Waals surface area contributed by atoms with E-state index in [-0.39, 0.29) is 11.3 Å². The van der Waals surface area contributed by atoms with Crippen molar-refractivity contribution in [3.8, 4) is 0 Å². The molecule has 0 bridgehead atoms. The van der Waals surface area contributed by atoms with Gasteiger partial charge in [-0.25, -0.2) is 9.78 Å². The van der Waals surface area contributed by atoms with Crippen molar-refractivity contribution < 1.29 is 14.3 Å². The molecule has 0 radical (unpaired) electrons. The van der Waals surface area contributed by atoms with Gasteiger partial charge < -0.3 is 4.74 Å². The van der Waals surface area contributed by atoms with Crippen LogP contribution in [0.5, 0.6) is 0 Å². The minimum atomic E-state index is -0.749. The summed E-state index contributed by atoms with van der Waals surface area (Å²) in [5, 5.41) is 2.87. The summed E-state index contributed by atoms with van der Waals surface area (Å²) in [6.45, 7) is 0. The maximum absolute atomic E-state index is 11.0. The molecule has 0 fully saturated rings. The molecule has 1 rings (SSSR count). The van der Waals surface area contributed by atoms with Gasteiger partial charge in [-0.05, 0) is 22.8 Å². The zero-order valence-corrected chi connectivity index (χ0v) is 7.75. The first-order valence-electron chi connectivity index (χ1n) is 3.83. The van der Waals surface area contributed by atoms with Crippen LogP contribution in [0.4, 0.5) is 0 Å². The molecule has 1 aromatic heterocycles. The molecular formula is C8H6N4O3. The highest BCUT2D eigenvalue weighted by atomic mass is 16.5. The SMILES string of the molecule is COC(=O)c1ccc(C(=O)N=[N+]=[N-])cn1. The number of nitrogens with zero attached hydrogens (tertiary/aromatic N) is 4. The molecule has 0 aromatic carbocycles. The topological polar surface area (TPSA) is 105 Å². The zero-order chi connectivity index (χ0) is 11.3. The Morgan fingerprint density at radius 3 is 2.73 bits per heavy atom. The number of rotatable bonds is 2. The van der Waals surface area contributed by atoms with Gasteiger partial charge in [0.05, 0.1) is 7.11 Å². The van der Waals surface area contributed by atoms with Crippen LogP contribution in [-0.2, 0) is 4.74 Å². The van der Waals surface area contributed by atoms with Gasteiger partial charge in [-0.15, -0.1) is 0 Å². The van der Waals surface area contributed by atoms with E-state index in [1.54, 1.807) is 0 Å². The highest BCUT2D eigenvalue weighted by molar-refractivity contribution is 5.95. The van der Waals surface area contributed by atoms with Crippen LogP contribution in [0.3, 0.4) is 0 Å². The quantitative estimate of drug-likeness (QED) is 0.315. The second kappa shape index (κ2) is 4.73. The summed E-state index contributed by atoms with van der Waals surface area (Å²) in [5.74, 6) is -1.35. The van der Waals surface area contributed by atoms with Crippen LogP contribution in [0.15, 0.2) is 23.4 Å². The van der Waals surface area contributed by atoms with Gasteiger partial charge in [0.15, 0.2) is 0 Å². The largest absolute Gasteiger partial charge is 0.464 e. The van der Waals surface area contributed by atoms with Crippen LogP contribution in [0.25, 0.3) is 10.4 Å². The van der Waals surface area contributed by atoms with Crippen LogP contribution in [0.1, 0.15) is 20.8 Å². The Hall–Kier alpha value is -2.40. The third kappa shape index (κ3) is 2.52. The summed E-state index contributed by atoms with van der Waals surface area (Å²) < 4.78 is 4.42. The van der Waals surface area contributed by atoms with Crippen molar-refractivity contribution in [2.75, 3.05) is 7.11 Å². The Balaban J connectivity index is 2.94. The molecule has 0 aliphatic heterocycles. The van der Waals surface area contributed by atoms with Crippen LogP contribution < -0.4 is 0 Å². The molecule has 0 atom stereocenters. The van der Waals surface area contributed by atoms with Crippen molar-refractivity contribution >= 4 is 11.9 Å². The lowest BCUT2D eigenvalue weighted by atomic mass is 10.2. The van der Waals surface area contributed by atoms with Gasteiger partial charge in [0.25, 0.3) is 5.91 Å². The van der Waals surface area contributed by atoms with Crippen molar-refractivity contribution in [3.05, 3.63) is 40.0 Å². The number of esters is 1. The van der Waals surface area contributed by atoms with Crippen molar-refractivity contribution in [1.29, 1.82) is 0 Å².